The molecular formula is C21H19F3N2O4. The van der Waals surface area contributed by atoms with Crippen molar-refractivity contribution in [2.24, 2.45) is 0 Å². The average molecular weight is 420 g/mol. The standard InChI is InChI=1S/C21H19F3N2O4/c1-12(27)13-8-9-17(30-3)14(10-13)11-26-18(28)20(2,25-19(26)29)15-6-4-5-7-16(15)21(22,23)24/h4-10H,11H2,1-3H3,(H,25,29)/t20-/m1/s1. The zero-order valence-corrected chi connectivity index (χ0v) is 16.5. The number of hydrogen-bond acceptors (Lipinski definition) is 4. The minimum atomic E-state index is -4.70. The molecular weight excluding hydrogens is 401 g/mol. The van der Waals surface area contributed by atoms with Crippen LogP contribution in [0.1, 0.15) is 40.9 Å². The van der Waals surface area contributed by atoms with Crippen molar-refractivity contribution in [3.63, 3.8) is 0 Å². The lowest BCUT2D eigenvalue weighted by molar-refractivity contribution is -0.140. The van der Waals surface area contributed by atoms with Gasteiger partial charge in [0.05, 0.1) is 19.2 Å². The molecule has 1 saturated heterocycles. The molecule has 9 heteroatoms. The van der Waals surface area contributed by atoms with Gasteiger partial charge in [0.2, 0.25) is 0 Å². The second-order valence-corrected chi connectivity index (χ2v) is 7.07. The Morgan fingerprint density at radius 3 is 2.43 bits per heavy atom. The number of ether oxygens (including phenoxy) is 1. The summed E-state index contributed by atoms with van der Waals surface area (Å²) in [6.45, 7) is 2.34. The molecule has 1 aliphatic heterocycles. The first-order valence-electron chi connectivity index (χ1n) is 8.97. The van der Waals surface area contributed by atoms with E-state index in [4.69, 9.17) is 4.74 Å². The van der Waals surface area contributed by atoms with Crippen LogP contribution in [0.2, 0.25) is 0 Å². The lowest BCUT2D eigenvalue weighted by Gasteiger charge is -2.26. The van der Waals surface area contributed by atoms with E-state index in [2.05, 4.69) is 5.32 Å². The molecule has 2 aromatic rings. The topological polar surface area (TPSA) is 75.7 Å². The van der Waals surface area contributed by atoms with E-state index in [1.807, 2.05) is 0 Å². The fourth-order valence-electron chi connectivity index (χ4n) is 3.48. The molecule has 1 N–H and O–H groups in total. The molecule has 0 spiro atoms. The molecule has 0 radical (unpaired) electrons. The molecule has 1 heterocycles. The third-order valence-corrected chi connectivity index (χ3v) is 5.06. The van der Waals surface area contributed by atoms with Crippen molar-refractivity contribution in [1.29, 1.82) is 0 Å². The van der Waals surface area contributed by atoms with E-state index in [-0.39, 0.29) is 17.9 Å². The van der Waals surface area contributed by atoms with E-state index in [1.54, 1.807) is 6.07 Å². The molecule has 1 fully saturated rings. The minimum absolute atomic E-state index is 0.222. The van der Waals surface area contributed by atoms with E-state index >= 15 is 0 Å². The summed E-state index contributed by atoms with van der Waals surface area (Å²) in [6.07, 6.45) is -4.70. The van der Waals surface area contributed by atoms with Gasteiger partial charge in [0.15, 0.2) is 5.78 Å². The van der Waals surface area contributed by atoms with Crippen molar-refractivity contribution < 1.29 is 32.3 Å². The number of hydrogen-bond donors (Lipinski definition) is 1. The lowest BCUT2D eigenvalue weighted by atomic mass is 9.87. The third kappa shape index (κ3) is 3.62. The quantitative estimate of drug-likeness (QED) is 0.588. The maximum atomic E-state index is 13.5. The number of alkyl halides is 3. The smallest absolute Gasteiger partial charge is 0.416 e. The summed E-state index contributed by atoms with van der Waals surface area (Å²) in [7, 11) is 1.39. The summed E-state index contributed by atoms with van der Waals surface area (Å²) in [5.74, 6) is -0.718. The summed E-state index contributed by atoms with van der Waals surface area (Å²) in [5, 5.41) is 2.38. The van der Waals surface area contributed by atoms with Crippen LogP contribution in [0.3, 0.4) is 0 Å². The van der Waals surface area contributed by atoms with Gasteiger partial charge in [-0.05, 0) is 43.7 Å². The SMILES string of the molecule is COc1ccc(C(C)=O)cc1CN1C(=O)N[C@](C)(c2ccccc2C(F)(F)F)C1=O. The van der Waals surface area contributed by atoms with Crippen molar-refractivity contribution in [3.8, 4) is 5.75 Å². The first kappa shape index (κ1) is 21.4. The van der Waals surface area contributed by atoms with Gasteiger partial charge >= 0.3 is 12.2 Å². The Bertz CT molecular complexity index is 1040. The Kier molecular flexibility index (Phi) is 5.32. The Labute approximate surface area is 170 Å². The zero-order chi connectivity index (χ0) is 22.3. The van der Waals surface area contributed by atoms with E-state index in [0.717, 1.165) is 11.0 Å². The summed E-state index contributed by atoms with van der Waals surface area (Å²) < 4.78 is 45.6. The molecule has 2 aromatic carbocycles. The van der Waals surface area contributed by atoms with Gasteiger partial charge < -0.3 is 10.1 Å². The van der Waals surface area contributed by atoms with E-state index in [1.165, 1.54) is 51.3 Å². The number of methoxy groups -OCH3 is 1. The summed E-state index contributed by atoms with van der Waals surface area (Å²) >= 11 is 0. The molecule has 0 aromatic heterocycles. The maximum absolute atomic E-state index is 13.5. The number of halogens is 3. The van der Waals surface area contributed by atoms with Gasteiger partial charge in [-0.15, -0.1) is 0 Å². The Morgan fingerprint density at radius 1 is 1.17 bits per heavy atom. The number of rotatable bonds is 5. The number of ketones is 1. The summed E-state index contributed by atoms with van der Waals surface area (Å²) in [4.78, 5) is 38.2. The van der Waals surface area contributed by atoms with Crippen LogP contribution < -0.4 is 10.1 Å². The number of urea groups is 1. The lowest BCUT2D eigenvalue weighted by Crippen LogP contribution is -2.42. The Morgan fingerprint density at radius 2 is 1.83 bits per heavy atom. The number of Topliss-reactive ketones (excluding diaryl/α,β-unsaturated/α-hetero) is 1. The first-order valence-corrected chi connectivity index (χ1v) is 8.97. The largest absolute Gasteiger partial charge is 0.496 e. The van der Waals surface area contributed by atoms with Crippen LogP contribution in [0.4, 0.5) is 18.0 Å². The number of carbonyl (C=O) groups is 3. The first-order chi connectivity index (χ1) is 14.0. The molecule has 3 amide bonds. The molecule has 0 unspecified atom stereocenters. The molecule has 0 saturated carbocycles. The van der Waals surface area contributed by atoms with Crippen LogP contribution in [-0.2, 0) is 23.1 Å². The molecule has 158 valence electrons. The van der Waals surface area contributed by atoms with Gasteiger partial charge in [0.1, 0.15) is 11.3 Å². The van der Waals surface area contributed by atoms with Crippen LogP contribution in [-0.4, -0.2) is 29.7 Å². The highest BCUT2D eigenvalue weighted by Crippen LogP contribution is 2.39. The summed E-state index contributed by atoms with van der Waals surface area (Å²) in [6, 6.07) is 8.34. The normalized spacial score (nSPS) is 19.1. The fraction of sp³-hybridized carbons (Fsp3) is 0.286. The van der Waals surface area contributed by atoms with Crippen LogP contribution in [0.25, 0.3) is 0 Å². The van der Waals surface area contributed by atoms with Crippen molar-refractivity contribution >= 4 is 17.7 Å². The number of carbonyl (C=O) groups excluding carboxylic acids is 3. The zero-order valence-electron chi connectivity index (χ0n) is 16.5. The Balaban J connectivity index is 2.01. The van der Waals surface area contributed by atoms with Crippen LogP contribution in [0.15, 0.2) is 42.5 Å². The van der Waals surface area contributed by atoms with Crippen LogP contribution in [0, 0.1) is 0 Å². The highest BCUT2D eigenvalue weighted by atomic mass is 19.4. The van der Waals surface area contributed by atoms with E-state index < -0.39 is 29.2 Å². The molecule has 3 rings (SSSR count). The molecule has 1 aliphatic rings. The molecule has 1 atom stereocenters. The monoisotopic (exact) mass is 420 g/mol. The third-order valence-electron chi connectivity index (χ3n) is 5.06. The van der Waals surface area contributed by atoms with Gasteiger partial charge in [0.25, 0.3) is 5.91 Å². The van der Waals surface area contributed by atoms with Gasteiger partial charge in [-0.1, -0.05) is 18.2 Å². The molecule has 6 nitrogen and oxygen atoms in total. The van der Waals surface area contributed by atoms with Crippen molar-refractivity contribution in [2.75, 3.05) is 7.11 Å². The van der Waals surface area contributed by atoms with Crippen LogP contribution >= 0.6 is 0 Å². The fourth-order valence-corrected chi connectivity index (χ4v) is 3.48. The molecule has 0 aliphatic carbocycles. The number of benzene rings is 2. The predicted molar refractivity (Wildman–Crippen MR) is 101 cm³/mol. The predicted octanol–water partition coefficient (Wildman–Crippen LogP) is 3.88. The van der Waals surface area contributed by atoms with Crippen molar-refractivity contribution in [1.82, 2.24) is 10.2 Å². The van der Waals surface area contributed by atoms with Gasteiger partial charge in [-0.2, -0.15) is 13.2 Å². The number of imide groups is 1. The second kappa shape index (κ2) is 7.47. The number of amides is 3. The van der Waals surface area contributed by atoms with E-state index in [9.17, 15) is 27.6 Å². The van der Waals surface area contributed by atoms with Gasteiger partial charge in [0, 0.05) is 11.1 Å². The van der Waals surface area contributed by atoms with Crippen molar-refractivity contribution in [3.05, 3.63) is 64.7 Å². The molecule has 0 bridgehead atoms. The van der Waals surface area contributed by atoms with Crippen molar-refractivity contribution in [2.45, 2.75) is 32.1 Å². The molecule has 30 heavy (non-hydrogen) atoms. The highest BCUT2D eigenvalue weighted by molar-refractivity contribution is 6.07. The average Bonchev–Trinajstić information content (AvgIpc) is 2.91. The second-order valence-electron chi connectivity index (χ2n) is 7.07. The van der Waals surface area contributed by atoms with E-state index in [0.29, 0.717) is 16.9 Å². The maximum Gasteiger partial charge on any atom is 0.416 e. The Hall–Kier alpha value is -3.36. The van der Waals surface area contributed by atoms with Gasteiger partial charge in [-0.25, -0.2) is 4.79 Å². The van der Waals surface area contributed by atoms with Crippen LogP contribution in [0.5, 0.6) is 5.75 Å². The summed E-state index contributed by atoms with van der Waals surface area (Å²) in [5.41, 5.74) is -2.51. The highest BCUT2D eigenvalue weighted by Gasteiger charge is 2.52. The van der Waals surface area contributed by atoms with Gasteiger partial charge in [-0.3, -0.25) is 14.5 Å². The number of nitrogens with one attached hydrogen (secondary N) is 1. The number of nitrogens with zero attached hydrogens (tertiary/aromatic N) is 1. The minimum Gasteiger partial charge on any atom is -0.496 e.